The second-order valence-electron chi connectivity index (χ2n) is 6.70. The molecule has 2 aromatic carbocycles. The molecule has 1 aromatic heterocycles. The molecule has 0 aliphatic rings. The number of para-hydroxylation sites is 1. The second kappa shape index (κ2) is 9.59. The molecular formula is C21H21F4N5O. The van der Waals surface area contributed by atoms with Crippen molar-refractivity contribution in [2.24, 2.45) is 0 Å². The number of benzene rings is 2. The monoisotopic (exact) mass is 435 g/mol. The zero-order valence-electron chi connectivity index (χ0n) is 16.7. The summed E-state index contributed by atoms with van der Waals surface area (Å²) < 4.78 is 54.5. The average Bonchev–Trinajstić information content (AvgIpc) is 3.21. The maximum Gasteiger partial charge on any atom is 0.435 e. The van der Waals surface area contributed by atoms with Crippen LogP contribution in [0, 0.1) is 5.82 Å². The molecule has 31 heavy (non-hydrogen) atoms. The highest BCUT2D eigenvalue weighted by atomic mass is 19.4. The molecular weight excluding hydrogens is 414 g/mol. The van der Waals surface area contributed by atoms with Gasteiger partial charge in [-0.15, -0.1) is 5.10 Å². The molecule has 0 saturated carbocycles. The topological polar surface area (TPSA) is 63.1 Å². The molecule has 0 atom stereocenters. The van der Waals surface area contributed by atoms with Gasteiger partial charge in [0.2, 0.25) is 0 Å². The van der Waals surface area contributed by atoms with Crippen LogP contribution >= 0.6 is 0 Å². The molecule has 0 spiro atoms. The molecule has 0 aliphatic carbocycles. The molecule has 0 aliphatic heterocycles. The van der Waals surface area contributed by atoms with Crippen molar-refractivity contribution in [1.82, 2.24) is 20.3 Å². The SMILES string of the molecule is CCN(CCCNC(=O)c1nnn(-c2ccc(F)cc2)c1C(F)(F)F)c1ccccc1. The van der Waals surface area contributed by atoms with Crippen LogP contribution in [0.25, 0.3) is 5.69 Å². The summed E-state index contributed by atoms with van der Waals surface area (Å²) in [6.45, 7) is 3.54. The summed E-state index contributed by atoms with van der Waals surface area (Å²) in [4.78, 5) is 14.5. The lowest BCUT2D eigenvalue weighted by atomic mass is 10.2. The quantitative estimate of drug-likeness (QED) is 0.428. The van der Waals surface area contributed by atoms with Crippen LogP contribution in [0.15, 0.2) is 54.6 Å². The molecule has 0 fully saturated rings. The smallest absolute Gasteiger partial charge is 0.372 e. The first-order valence-electron chi connectivity index (χ1n) is 9.68. The van der Waals surface area contributed by atoms with Gasteiger partial charge >= 0.3 is 6.18 Å². The Hall–Kier alpha value is -3.43. The zero-order chi connectivity index (χ0) is 22.4. The Bertz CT molecular complexity index is 1000. The number of carbonyl (C=O) groups excluding carboxylic acids is 1. The number of halogens is 4. The molecule has 1 heterocycles. The maximum atomic E-state index is 13.6. The number of nitrogens with zero attached hydrogens (tertiary/aromatic N) is 4. The van der Waals surface area contributed by atoms with Crippen molar-refractivity contribution in [3.63, 3.8) is 0 Å². The Balaban J connectivity index is 1.68. The lowest BCUT2D eigenvalue weighted by Crippen LogP contribution is -2.31. The van der Waals surface area contributed by atoms with Gasteiger partial charge in [-0.2, -0.15) is 13.2 Å². The van der Waals surface area contributed by atoms with Crippen LogP contribution in [0.5, 0.6) is 0 Å². The van der Waals surface area contributed by atoms with Crippen LogP contribution in [0.3, 0.4) is 0 Å². The minimum absolute atomic E-state index is 0.0540. The van der Waals surface area contributed by atoms with E-state index >= 15 is 0 Å². The van der Waals surface area contributed by atoms with E-state index in [0.717, 1.165) is 36.5 Å². The standard InChI is InChI=1S/C21H21F4N5O/c1-2-29(16-7-4-3-5-8-16)14-6-13-26-20(31)18-19(21(23,24)25)30(28-27-18)17-11-9-15(22)10-12-17/h3-5,7-12H,2,6,13-14H2,1H3,(H,26,31). The minimum atomic E-state index is -4.88. The highest BCUT2D eigenvalue weighted by molar-refractivity contribution is 5.93. The fraction of sp³-hybridized carbons (Fsp3) is 0.286. The van der Waals surface area contributed by atoms with Gasteiger partial charge in [0, 0.05) is 25.3 Å². The molecule has 0 unspecified atom stereocenters. The summed E-state index contributed by atoms with van der Waals surface area (Å²) in [5, 5.41) is 9.38. The van der Waals surface area contributed by atoms with Gasteiger partial charge < -0.3 is 10.2 Å². The first-order valence-corrected chi connectivity index (χ1v) is 9.68. The number of amides is 1. The molecule has 3 aromatic rings. The molecule has 0 saturated heterocycles. The van der Waals surface area contributed by atoms with Gasteiger partial charge in [0.05, 0.1) is 5.69 Å². The van der Waals surface area contributed by atoms with Crippen LogP contribution in [0.4, 0.5) is 23.2 Å². The number of alkyl halides is 3. The van der Waals surface area contributed by atoms with Crippen LogP contribution in [0.2, 0.25) is 0 Å². The summed E-state index contributed by atoms with van der Waals surface area (Å²) in [5.41, 5.74) is -1.16. The number of carbonyl (C=O) groups is 1. The zero-order valence-corrected chi connectivity index (χ0v) is 16.7. The van der Waals surface area contributed by atoms with Gasteiger partial charge in [-0.25, -0.2) is 9.07 Å². The van der Waals surface area contributed by atoms with Crippen molar-refractivity contribution in [3.05, 3.63) is 71.8 Å². The Morgan fingerprint density at radius 1 is 1.10 bits per heavy atom. The predicted octanol–water partition coefficient (Wildman–Crippen LogP) is 4.07. The maximum absolute atomic E-state index is 13.6. The number of rotatable bonds is 8. The fourth-order valence-electron chi connectivity index (χ4n) is 3.12. The van der Waals surface area contributed by atoms with E-state index in [9.17, 15) is 22.4 Å². The summed E-state index contributed by atoms with van der Waals surface area (Å²) >= 11 is 0. The first-order chi connectivity index (χ1) is 14.8. The highest BCUT2D eigenvalue weighted by Gasteiger charge is 2.41. The first kappa shape index (κ1) is 22.3. The van der Waals surface area contributed by atoms with E-state index in [1.807, 2.05) is 37.3 Å². The van der Waals surface area contributed by atoms with Crippen LogP contribution < -0.4 is 10.2 Å². The normalized spacial score (nSPS) is 11.4. The molecule has 6 nitrogen and oxygen atoms in total. The third-order valence-electron chi connectivity index (χ3n) is 4.62. The van der Waals surface area contributed by atoms with E-state index in [-0.39, 0.29) is 12.2 Å². The number of hydrogen-bond donors (Lipinski definition) is 1. The largest absolute Gasteiger partial charge is 0.435 e. The van der Waals surface area contributed by atoms with Crippen molar-refractivity contribution in [3.8, 4) is 5.69 Å². The van der Waals surface area contributed by atoms with Crippen molar-refractivity contribution >= 4 is 11.6 Å². The third-order valence-corrected chi connectivity index (χ3v) is 4.62. The summed E-state index contributed by atoms with van der Waals surface area (Å²) in [5.74, 6) is -1.57. The van der Waals surface area contributed by atoms with Crippen LogP contribution in [-0.4, -0.2) is 40.5 Å². The van der Waals surface area contributed by atoms with Gasteiger partial charge in [-0.05, 0) is 49.7 Å². The van der Waals surface area contributed by atoms with Gasteiger partial charge in [0.1, 0.15) is 5.82 Å². The Morgan fingerprint density at radius 3 is 2.39 bits per heavy atom. The molecule has 0 radical (unpaired) electrons. The third kappa shape index (κ3) is 5.39. The predicted molar refractivity (Wildman–Crippen MR) is 108 cm³/mol. The number of nitrogens with one attached hydrogen (secondary N) is 1. The molecule has 164 valence electrons. The van der Waals surface area contributed by atoms with E-state index < -0.39 is 29.3 Å². The Labute approximate surface area is 176 Å². The average molecular weight is 435 g/mol. The number of aromatic nitrogens is 3. The van der Waals surface area contributed by atoms with E-state index in [1.54, 1.807) is 0 Å². The lowest BCUT2D eigenvalue weighted by molar-refractivity contribution is -0.143. The van der Waals surface area contributed by atoms with Crippen molar-refractivity contribution in [2.75, 3.05) is 24.5 Å². The molecule has 3 rings (SSSR count). The lowest BCUT2D eigenvalue weighted by Gasteiger charge is -2.23. The van der Waals surface area contributed by atoms with E-state index in [2.05, 4.69) is 20.5 Å². The van der Waals surface area contributed by atoms with Crippen LogP contribution in [0.1, 0.15) is 29.5 Å². The highest BCUT2D eigenvalue weighted by Crippen LogP contribution is 2.32. The number of anilines is 1. The van der Waals surface area contributed by atoms with Gasteiger partial charge in [0.25, 0.3) is 5.91 Å². The molecule has 1 N–H and O–H groups in total. The molecule has 1 amide bonds. The second-order valence-corrected chi connectivity index (χ2v) is 6.70. The van der Waals surface area contributed by atoms with Crippen molar-refractivity contribution in [1.29, 1.82) is 0 Å². The molecule has 10 heteroatoms. The Kier molecular flexibility index (Phi) is 6.88. The van der Waals surface area contributed by atoms with Gasteiger partial charge in [-0.1, -0.05) is 23.4 Å². The minimum Gasteiger partial charge on any atom is -0.372 e. The summed E-state index contributed by atoms with van der Waals surface area (Å²) in [7, 11) is 0. The van der Waals surface area contributed by atoms with E-state index in [4.69, 9.17) is 0 Å². The van der Waals surface area contributed by atoms with Gasteiger partial charge in [0.15, 0.2) is 11.4 Å². The Morgan fingerprint density at radius 2 is 1.77 bits per heavy atom. The van der Waals surface area contributed by atoms with Crippen molar-refractivity contribution in [2.45, 2.75) is 19.5 Å². The van der Waals surface area contributed by atoms with Crippen LogP contribution in [-0.2, 0) is 6.18 Å². The summed E-state index contributed by atoms with van der Waals surface area (Å²) in [6.07, 6.45) is -4.35. The summed E-state index contributed by atoms with van der Waals surface area (Å²) in [6, 6.07) is 13.9. The number of hydrogen-bond acceptors (Lipinski definition) is 4. The fourth-order valence-corrected chi connectivity index (χ4v) is 3.12. The molecule has 0 bridgehead atoms. The van der Waals surface area contributed by atoms with Crippen molar-refractivity contribution < 1.29 is 22.4 Å². The van der Waals surface area contributed by atoms with E-state index in [0.29, 0.717) is 17.6 Å². The van der Waals surface area contributed by atoms with E-state index in [1.165, 1.54) is 0 Å². The van der Waals surface area contributed by atoms with Gasteiger partial charge in [-0.3, -0.25) is 4.79 Å².